The van der Waals surface area contributed by atoms with Crippen LogP contribution in [0, 0.1) is 6.92 Å². The molecule has 0 aliphatic carbocycles. The molecule has 5 heterocycles. The molecule has 1 aliphatic rings. The predicted molar refractivity (Wildman–Crippen MR) is 117 cm³/mol. The highest BCUT2D eigenvalue weighted by atomic mass is 32.1. The highest BCUT2D eigenvalue weighted by molar-refractivity contribution is 7.14. The van der Waals surface area contributed by atoms with Gasteiger partial charge in [-0.2, -0.15) is 0 Å². The van der Waals surface area contributed by atoms with Crippen molar-refractivity contribution in [2.75, 3.05) is 25.5 Å². The van der Waals surface area contributed by atoms with Crippen LogP contribution >= 0.6 is 11.3 Å². The second-order valence-electron chi connectivity index (χ2n) is 7.72. The molecule has 1 fully saturated rings. The molecule has 1 aliphatic heterocycles. The monoisotopic (exact) mass is 435 g/mol. The Labute approximate surface area is 182 Å². The number of fused-ring (bicyclic) bond motifs is 1. The highest BCUT2D eigenvalue weighted by Gasteiger charge is 2.24. The van der Waals surface area contributed by atoms with E-state index in [2.05, 4.69) is 42.4 Å². The van der Waals surface area contributed by atoms with E-state index in [0.717, 1.165) is 52.4 Å². The number of anilines is 1. The Morgan fingerprint density at radius 2 is 2.03 bits per heavy atom. The van der Waals surface area contributed by atoms with Gasteiger partial charge >= 0.3 is 0 Å². The number of rotatable bonds is 4. The largest absolute Gasteiger partial charge is 0.448 e. The lowest BCUT2D eigenvalue weighted by atomic mass is 9.97. The molecule has 0 aromatic carbocycles. The quantitative estimate of drug-likeness (QED) is 0.519. The number of carbonyl (C=O) groups is 1. The number of likely N-dealkylation sites (tertiary alicyclic amines) is 1. The molecule has 0 saturated carbocycles. The second-order valence-corrected chi connectivity index (χ2v) is 8.90. The Hall–Kier alpha value is -3.24. The number of piperidine rings is 1. The fourth-order valence-corrected chi connectivity index (χ4v) is 4.32. The molecular formula is C21H21N7O2S. The zero-order valence-electron chi connectivity index (χ0n) is 17.2. The molecular weight excluding hydrogens is 414 g/mol. The third-order valence-electron chi connectivity index (χ3n) is 5.40. The fraction of sp³-hybridized carbons (Fsp3) is 0.333. The van der Waals surface area contributed by atoms with E-state index in [9.17, 15) is 4.79 Å². The number of carbonyl (C=O) groups excluding carboxylic acids is 1. The average Bonchev–Trinajstić information content (AvgIpc) is 3.43. The zero-order valence-corrected chi connectivity index (χ0v) is 18.0. The summed E-state index contributed by atoms with van der Waals surface area (Å²) in [7, 11) is 2.11. The summed E-state index contributed by atoms with van der Waals surface area (Å²) in [4.78, 5) is 28.1. The Balaban J connectivity index is 1.33. The lowest BCUT2D eigenvalue weighted by Gasteiger charge is -2.26. The first kappa shape index (κ1) is 19.7. The number of hydrogen-bond acceptors (Lipinski definition) is 9. The smallest absolute Gasteiger partial charge is 0.278 e. The summed E-state index contributed by atoms with van der Waals surface area (Å²) in [5.41, 5.74) is 1.86. The van der Waals surface area contributed by atoms with Gasteiger partial charge in [0.25, 0.3) is 5.91 Å². The van der Waals surface area contributed by atoms with E-state index in [1.807, 2.05) is 13.0 Å². The van der Waals surface area contributed by atoms with Gasteiger partial charge in [0.1, 0.15) is 22.1 Å². The normalized spacial score (nSPS) is 15.4. The van der Waals surface area contributed by atoms with E-state index in [1.54, 1.807) is 18.5 Å². The molecule has 1 N–H and O–H groups in total. The Kier molecular flexibility index (Phi) is 5.16. The predicted octanol–water partition coefficient (Wildman–Crippen LogP) is 3.51. The maximum Gasteiger partial charge on any atom is 0.278 e. The molecule has 0 bridgehead atoms. The van der Waals surface area contributed by atoms with Crippen molar-refractivity contribution in [2.24, 2.45) is 0 Å². The van der Waals surface area contributed by atoms with Gasteiger partial charge in [-0.3, -0.25) is 9.78 Å². The van der Waals surface area contributed by atoms with Crippen LogP contribution in [0.3, 0.4) is 0 Å². The van der Waals surface area contributed by atoms with Crippen LogP contribution in [0.5, 0.6) is 0 Å². The van der Waals surface area contributed by atoms with E-state index in [1.165, 1.54) is 17.6 Å². The number of pyridine rings is 2. The molecule has 4 aromatic heterocycles. The molecule has 9 nitrogen and oxygen atoms in total. The number of amides is 1. The number of nitrogens with zero attached hydrogens (tertiary/aromatic N) is 6. The summed E-state index contributed by atoms with van der Waals surface area (Å²) >= 11 is 1.51. The highest BCUT2D eigenvalue weighted by Crippen LogP contribution is 2.28. The van der Waals surface area contributed by atoms with Crippen molar-refractivity contribution in [2.45, 2.75) is 25.7 Å². The molecule has 0 radical (unpaired) electrons. The Morgan fingerprint density at radius 1 is 1.19 bits per heavy atom. The Bertz CT molecular complexity index is 1240. The van der Waals surface area contributed by atoms with Crippen LogP contribution in [-0.2, 0) is 0 Å². The zero-order chi connectivity index (χ0) is 21.4. The van der Waals surface area contributed by atoms with Crippen LogP contribution in [0.25, 0.3) is 21.5 Å². The van der Waals surface area contributed by atoms with Crippen molar-refractivity contribution < 1.29 is 9.21 Å². The number of aryl methyl sites for hydroxylation is 1. The summed E-state index contributed by atoms with van der Waals surface area (Å²) in [5.74, 6) is 0.961. The number of oxazole rings is 1. The van der Waals surface area contributed by atoms with Crippen molar-refractivity contribution in [1.82, 2.24) is 30.0 Å². The van der Waals surface area contributed by atoms with E-state index < -0.39 is 0 Å². The van der Waals surface area contributed by atoms with Gasteiger partial charge in [-0.05, 0) is 52.0 Å². The molecule has 10 heteroatoms. The molecule has 31 heavy (non-hydrogen) atoms. The van der Waals surface area contributed by atoms with Gasteiger partial charge < -0.3 is 14.6 Å². The van der Waals surface area contributed by atoms with Gasteiger partial charge in [-0.15, -0.1) is 10.2 Å². The molecule has 0 atom stereocenters. The van der Waals surface area contributed by atoms with E-state index in [0.29, 0.717) is 11.7 Å². The van der Waals surface area contributed by atoms with Crippen LogP contribution in [0.1, 0.15) is 40.1 Å². The van der Waals surface area contributed by atoms with Crippen LogP contribution in [0.4, 0.5) is 5.82 Å². The molecule has 4 aromatic rings. The summed E-state index contributed by atoms with van der Waals surface area (Å²) in [6, 6.07) is 3.75. The lowest BCUT2D eigenvalue weighted by Crippen LogP contribution is -2.29. The van der Waals surface area contributed by atoms with Crippen molar-refractivity contribution in [3.05, 3.63) is 47.4 Å². The average molecular weight is 436 g/mol. The van der Waals surface area contributed by atoms with E-state index in [4.69, 9.17) is 4.42 Å². The summed E-state index contributed by atoms with van der Waals surface area (Å²) in [6.45, 7) is 3.92. The second kappa shape index (κ2) is 8.12. The number of aromatic nitrogens is 5. The van der Waals surface area contributed by atoms with Crippen LogP contribution in [0.15, 0.2) is 35.2 Å². The van der Waals surface area contributed by atoms with Crippen molar-refractivity contribution >= 4 is 34.0 Å². The molecule has 158 valence electrons. The first-order valence-corrected chi connectivity index (χ1v) is 10.9. The van der Waals surface area contributed by atoms with Crippen LogP contribution in [0.2, 0.25) is 0 Å². The van der Waals surface area contributed by atoms with E-state index in [-0.39, 0.29) is 17.5 Å². The van der Waals surface area contributed by atoms with Gasteiger partial charge in [0.15, 0.2) is 11.6 Å². The topological polar surface area (TPSA) is 110 Å². The van der Waals surface area contributed by atoms with Crippen molar-refractivity contribution in [3.8, 4) is 10.6 Å². The standard InChI is InChI=1S/C21H21N7O2S/c1-12-26-27-21(31-12)15-7-14-8-18(23-10-16(14)22-9-15)25-19(29)17-11-30-20(24-17)13-3-5-28(2)6-4-13/h7-11,13H,3-6H2,1-2H3,(H,23,25,29). The third kappa shape index (κ3) is 4.17. The minimum atomic E-state index is -0.348. The third-order valence-corrected chi connectivity index (χ3v) is 6.29. The minimum Gasteiger partial charge on any atom is -0.448 e. The number of nitrogens with one attached hydrogen (secondary N) is 1. The van der Waals surface area contributed by atoms with Gasteiger partial charge in [-0.1, -0.05) is 11.3 Å². The number of hydrogen-bond donors (Lipinski definition) is 1. The molecule has 1 amide bonds. The van der Waals surface area contributed by atoms with Gasteiger partial charge in [0.05, 0.1) is 11.7 Å². The molecule has 1 saturated heterocycles. The summed E-state index contributed by atoms with van der Waals surface area (Å²) in [6.07, 6.45) is 6.76. The van der Waals surface area contributed by atoms with Crippen molar-refractivity contribution in [1.29, 1.82) is 0 Å². The summed E-state index contributed by atoms with van der Waals surface area (Å²) < 4.78 is 5.60. The fourth-order valence-electron chi connectivity index (χ4n) is 3.64. The maximum atomic E-state index is 12.7. The van der Waals surface area contributed by atoms with E-state index >= 15 is 0 Å². The first-order chi connectivity index (χ1) is 15.0. The SMILES string of the molecule is Cc1nnc(-c2cnc3cnc(NC(=O)c4coc(C5CCN(C)CC5)n4)cc3c2)s1. The lowest BCUT2D eigenvalue weighted by molar-refractivity contribution is 0.102. The van der Waals surface area contributed by atoms with Gasteiger partial charge in [0, 0.05) is 23.1 Å². The van der Waals surface area contributed by atoms with Crippen LogP contribution < -0.4 is 5.32 Å². The first-order valence-electron chi connectivity index (χ1n) is 10.1. The van der Waals surface area contributed by atoms with Crippen molar-refractivity contribution in [3.63, 3.8) is 0 Å². The minimum absolute atomic E-state index is 0.255. The van der Waals surface area contributed by atoms with Gasteiger partial charge in [-0.25, -0.2) is 9.97 Å². The molecule has 0 spiro atoms. The Morgan fingerprint density at radius 3 is 2.81 bits per heavy atom. The molecule has 5 rings (SSSR count). The summed E-state index contributed by atoms with van der Waals surface area (Å²) in [5, 5.41) is 13.6. The molecule has 0 unspecified atom stereocenters. The van der Waals surface area contributed by atoms with Crippen LogP contribution in [-0.4, -0.2) is 56.1 Å². The maximum absolute atomic E-state index is 12.7. The van der Waals surface area contributed by atoms with Gasteiger partial charge in [0.2, 0.25) is 0 Å².